The van der Waals surface area contributed by atoms with E-state index in [0.717, 1.165) is 31.7 Å². The van der Waals surface area contributed by atoms with Gasteiger partial charge in [-0.3, -0.25) is 4.79 Å². The third kappa shape index (κ3) is 5.87. The molecule has 1 aliphatic heterocycles. The van der Waals surface area contributed by atoms with E-state index in [1.54, 1.807) is 12.1 Å². The summed E-state index contributed by atoms with van der Waals surface area (Å²) in [5.41, 5.74) is 6.17. The van der Waals surface area contributed by atoms with Gasteiger partial charge in [-0.1, -0.05) is 36.4 Å². The summed E-state index contributed by atoms with van der Waals surface area (Å²) in [5.74, 6) is -0.418. The van der Waals surface area contributed by atoms with Crippen molar-refractivity contribution in [3.63, 3.8) is 0 Å². The molecule has 1 aliphatic rings. The number of carbonyl (C=O) groups is 1. The Labute approximate surface area is 200 Å². The van der Waals surface area contributed by atoms with E-state index in [0.29, 0.717) is 24.4 Å². The van der Waals surface area contributed by atoms with Gasteiger partial charge in [-0.05, 0) is 72.7 Å². The summed E-state index contributed by atoms with van der Waals surface area (Å²) in [6, 6.07) is 19.2. The van der Waals surface area contributed by atoms with Crippen molar-refractivity contribution in [3.05, 3.63) is 88.7 Å². The fraction of sp³-hybridized carbons (Fsp3) is 0.321. The van der Waals surface area contributed by atoms with Gasteiger partial charge in [-0.15, -0.1) is 0 Å². The zero-order valence-electron chi connectivity index (χ0n) is 19.5. The summed E-state index contributed by atoms with van der Waals surface area (Å²) in [6.07, 6.45) is 2.31. The lowest BCUT2D eigenvalue weighted by molar-refractivity contribution is -0.136. The molecule has 0 saturated heterocycles. The third-order valence-corrected chi connectivity index (χ3v) is 6.33. The Bertz CT molecular complexity index is 1130. The van der Waals surface area contributed by atoms with Gasteiger partial charge in [-0.2, -0.15) is 0 Å². The Balaban J connectivity index is 1.41. The summed E-state index contributed by atoms with van der Waals surface area (Å²) in [4.78, 5) is 13.2. The molecule has 0 amide bonds. The number of nitrogens with one attached hydrogen (secondary N) is 1. The molecule has 0 aromatic heterocycles. The van der Waals surface area contributed by atoms with E-state index in [2.05, 4.69) is 29.3 Å². The minimum atomic E-state index is -0.926. The fourth-order valence-electron chi connectivity index (χ4n) is 4.52. The number of aryl methyl sites for hydroxylation is 2. The SMILES string of the molecule is Cc1c(CNc2ccc(CCC(=O)O)c(F)c2)ccc2c1N(CCOc1ccccc1)CCC2. The number of aliphatic carboxylic acids is 1. The maximum absolute atomic E-state index is 14.4. The molecule has 0 fully saturated rings. The number of benzene rings is 3. The highest BCUT2D eigenvalue weighted by atomic mass is 19.1. The number of rotatable bonds is 10. The van der Waals surface area contributed by atoms with Gasteiger partial charge in [0, 0.05) is 30.9 Å². The first-order valence-electron chi connectivity index (χ1n) is 11.8. The highest BCUT2D eigenvalue weighted by Crippen LogP contribution is 2.33. The molecule has 0 bridgehead atoms. The number of para-hydroxylation sites is 1. The van der Waals surface area contributed by atoms with Crippen LogP contribution in [0.25, 0.3) is 0 Å². The number of nitrogens with zero attached hydrogens (tertiary/aromatic N) is 1. The largest absolute Gasteiger partial charge is 0.492 e. The number of anilines is 2. The van der Waals surface area contributed by atoms with Crippen LogP contribution in [0.1, 0.15) is 35.1 Å². The second-order valence-corrected chi connectivity index (χ2v) is 8.66. The van der Waals surface area contributed by atoms with E-state index in [9.17, 15) is 9.18 Å². The van der Waals surface area contributed by atoms with Gasteiger partial charge in [0.2, 0.25) is 0 Å². The van der Waals surface area contributed by atoms with Gasteiger partial charge < -0.3 is 20.1 Å². The first-order valence-corrected chi connectivity index (χ1v) is 11.8. The summed E-state index contributed by atoms with van der Waals surface area (Å²) in [5, 5.41) is 12.1. The van der Waals surface area contributed by atoms with Crippen molar-refractivity contribution in [1.82, 2.24) is 0 Å². The highest BCUT2D eigenvalue weighted by Gasteiger charge is 2.20. The predicted molar refractivity (Wildman–Crippen MR) is 133 cm³/mol. The maximum atomic E-state index is 14.4. The van der Waals surface area contributed by atoms with Crippen LogP contribution in [0.2, 0.25) is 0 Å². The Morgan fingerprint density at radius 3 is 2.68 bits per heavy atom. The van der Waals surface area contributed by atoms with Crippen molar-refractivity contribution in [2.75, 3.05) is 29.9 Å². The lowest BCUT2D eigenvalue weighted by atomic mass is 9.94. The highest BCUT2D eigenvalue weighted by molar-refractivity contribution is 5.67. The van der Waals surface area contributed by atoms with Crippen LogP contribution in [0, 0.1) is 12.7 Å². The first-order chi connectivity index (χ1) is 16.5. The van der Waals surface area contributed by atoms with Crippen LogP contribution in [0.3, 0.4) is 0 Å². The average molecular weight is 463 g/mol. The number of hydrogen-bond acceptors (Lipinski definition) is 4. The molecule has 5 nitrogen and oxygen atoms in total. The number of fused-ring (bicyclic) bond motifs is 1. The van der Waals surface area contributed by atoms with E-state index in [-0.39, 0.29) is 18.7 Å². The molecule has 34 heavy (non-hydrogen) atoms. The topological polar surface area (TPSA) is 61.8 Å². The molecule has 0 saturated carbocycles. The Morgan fingerprint density at radius 2 is 1.91 bits per heavy atom. The molecule has 0 unspecified atom stereocenters. The fourth-order valence-corrected chi connectivity index (χ4v) is 4.52. The number of ether oxygens (including phenoxy) is 1. The van der Waals surface area contributed by atoms with Crippen LogP contribution >= 0.6 is 0 Å². The van der Waals surface area contributed by atoms with Crippen LogP contribution in [-0.2, 0) is 24.2 Å². The summed E-state index contributed by atoms with van der Waals surface area (Å²) < 4.78 is 20.3. The zero-order valence-corrected chi connectivity index (χ0v) is 19.5. The Hall–Kier alpha value is -3.54. The minimum absolute atomic E-state index is 0.0785. The molecule has 3 aromatic rings. The van der Waals surface area contributed by atoms with Gasteiger partial charge in [0.15, 0.2) is 0 Å². The van der Waals surface area contributed by atoms with Gasteiger partial charge in [0.25, 0.3) is 0 Å². The van der Waals surface area contributed by atoms with Gasteiger partial charge in [-0.25, -0.2) is 4.39 Å². The van der Waals surface area contributed by atoms with Crippen molar-refractivity contribution in [2.24, 2.45) is 0 Å². The summed E-state index contributed by atoms with van der Waals surface area (Å²) in [7, 11) is 0. The number of carboxylic acids is 1. The van der Waals surface area contributed by atoms with Crippen LogP contribution in [0.4, 0.5) is 15.8 Å². The zero-order chi connectivity index (χ0) is 23.9. The van der Waals surface area contributed by atoms with E-state index in [4.69, 9.17) is 9.84 Å². The van der Waals surface area contributed by atoms with Crippen LogP contribution < -0.4 is 15.0 Å². The molecule has 0 atom stereocenters. The Kier molecular flexibility index (Phi) is 7.68. The van der Waals surface area contributed by atoms with Crippen LogP contribution in [0.15, 0.2) is 60.7 Å². The molecule has 0 aliphatic carbocycles. The standard InChI is InChI=1S/C28H31FN2O3/c1-20-23(19-30-24-13-11-21(26(29)18-24)12-14-27(32)33)10-9-22-6-5-15-31(28(20)22)16-17-34-25-7-3-2-4-8-25/h2-4,7-11,13,18,30H,5-6,12,14-17,19H2,1H3,(H,32,33). The van der Waals surface area contributed by atoms with Gasteiger partial charge >= 0.3 is 5.97 Å². The van der Waals surface area contributed by atoms with E-state index >= 15 is 0 Å². The lowest BCUT2D eigenvalue weighted by Crippen LogP contribution is -2.34. The second kappa shape index (κ2) is 11.1. The summed E-state index contributed by atoms with van der Waals surface area (Å²) in [6.45, 7) is 5.19. The monoisotopic (exact) mass is 462 g/mol. The molecule has 0 spiro atoms. The van der Waals surface area contributed by atoms with Crippen molar-refractivity contribution in [2.45, 2.75) is 39.2 Å². The quantitative estimate of drug-likeness (QED) is 0.411. The van der Waals surface area contributed by atoms with Crippen molar-refractivity contribution < 1.29 is 19.0 Å². The normalized spacial score (nSPS) is 12.8. The minimum Gasteiger partial charge on any atom is -0.492 e. The molecule has 2 N–H and O–H groups in total. The lowest BCUT2D eigenvalue weighted by Gasteiger charge is -2.33. The van der Waals surface area contributed by atoms with Crippen LogP contribution in [0.5, 0.6) is 5.75 Å². The summed E-state index contributed by atoms with van der Waals surface area (Å²) >= 11 is 0. The second-order valence-electron chi connectivity index (χ2n) is 8.66. The average Bonchev–Trinajstić information content (AvgIpc) is 2.83. The number of carboxylic acid groups (broad SMARTS) is 1. The molecule has 0 radical (unpaired) electrons. The molecule has 3 aromatic carbocycles. The van der Waals surface area contributed by atoms with Gasteiger partial charge in [0.1, 0.15) is 18.2 Å². The molecule has 1 heterocycles. The number of hydrogen-bond donors (Lipinski definition) is 2. The molecule has 6 heteroatoms. The predicted octanol–water partition coefficient (Wildman–Crippen LogP) is 5.60. The van der Waals surface area contributed by atoms with Crippen molar-refractivity contribution in [1.29, 1.82) is 0 Å². The smallest absolute Gasteiger partial charge is 0.303 e. The number of halogens is 1. The first kappa shape index (κ1) is 23.6. The molecule has 178 valence electrons. The molecular formula is C28H31FN2O3. The Morgan fingerprint density at radius 1 is 1.12 bits per heavy atom. The van der Waals surface area contributed by atoms with Crippen molar-refractivity contribution >= 4 is 17.3 Å². The maximum Gasteiger partial charge on any atom is 0.303 e. The third-order valence-electron chi connectivity index (χ3n) is 6.33. The van der Waals surface area contributed by atoms with E-state index in [1.807, 2.05) is 30.3 Å². The van der Waals surface area contributed by atoms with Crippen LogP contribution in [-0.4, -0.2) is 30.8 Å². The van der Waals surface area contributed by atoms with E-state index in [1.165, 1.54) is 28.4 Å². The van der Waals surface area contributed by atoms with E-state index < -0.39 is 5.97 Å². The van der Waals surface area contributed by atoms with Crippen molar-refractivity contribution in [3.8, 4) is 5.75 Å². The molecular weight excluding hydrogens is 431 g/mol. The molecule has 4 rings (SSSR count). The van der Waals surface area contributed by atoms with Gasteiger partial charge in [0.05, 0.1) is 6.54 Å².